The topological polar surface area (TPSA) is 50.2 Å². The van der Waals surface area contributed by atoms with Gasteiger partial charge < -0.3 is 9.88 Å². The van der Waals surface area contributed by atoms with Crippen molar-refractivity contribution in [3.8, 4) is 10.4 Å². The lowest BCUT2D eigenvalue weighted by molar-refractivity contribution is -0.908. The third kappa shape index (κ3) is 3.46. The van der Waals surface area contributed by atoms with Crippen LogP contribution < -0.4 is 10.5 Å². The number of aromatic nitrogens is 2. The molecule has 0 spiro atoms. The number of fused-ring (bicyclic) bond motifs is 1. The molecule has 1 atom stereocenters. The Labute approximate surface area is 157 Å². The summed E-state index contributed by atoms with van der Waals surface area (Å²) in [5.41, 5.74) is 2.28. The van der Waals surface area contributed by atoms with E-state index >= 15 is 0 Å². The Balaban J connectivity index is 1.63. The molecule has 4 aromatic rings. The number of aromatic amines is 1. The molecule has 0 aliphatic heterocycles. The minimum absolute atomic E-state index is 0.0364. The molecular formula is C18H18N3OS3+. The van der Waals surface area contributed by atoms with E-state index in [2.05, 4.69) is 47.9 Å². The van der Waals surface area contributed by atoms with Crippen molar-refractivity contribution in [2.45, 2.75) is 20.0 Å². The van der Waals surface area contributed by atoms with Gasteiger partial charge in [0.05, 0.1) is 12.4 Å². The Morgan fingerprint density at radius 1 is 1.20 bits per heavy atom. The first kappa shape index (κ1) is 16.7. The second kappa shape index (κ2) is 6.84. The van der Waals surface area contributed by atoms with Gasteiger partial charge in [0.15, 0.2) is 5.82 Å². The molecule has 4 heterocycles. The Morgan fingerprint density at radius 2 is 2.08 bits per heavy atom. The Hall–Kier alpha value is -1.80. The summed E-state index contributed by atoms with van der Waals surface area (Å²) in [6.07, 6.45) is 0. The second-order valence-electron chi connectivity index (χ2n) is 6.19. The van der Waals surface area contributed by atoms with Gasteiger partial charge in [-0.1, -0.05) is 0 Å². The van der Waals surface area contributed by atoms with E-state index in [1.807, 2.05) is 5.38 Å². The Morgan fingerprint density at radius 3 is 2.80 bits per heavy atom. The van der Waals surface area contributed by atoms with E-state index in [-0.39, 0.29) is 5.56 Å². The van der Waals surface area contributed by atoms with Crippen LogP contribution in [0, 0.1) is 6.92 Å². The van der Waals surface area contributed by atoms with Gasteiger partial charge in [-0.3, -0.25) is 4.79 Å². The minimum atomic E-state index is -0.0364. The SMILES string of the molecule is Cc1ccc(-c2csc3nc(C[NH+](C)Cc4ccsc4)[nH]c(=O)c23)s1. The molecule has 7 heteroatoms. The molecule has 0 aliphatic carbocycles. The molecule has 1 unspecified atom stereocenters. The molecule has 0 aromatic carbocycles. The summed E-state index contributed by atoms with van der Waals surface area (Å²) >= 11 is 4.97. The van der Waals surface area contributed by atoms with Crippen LogP contribution in [0.2, 0.25) is 0 Å². The first-order valence-corrected chi connectivity index (χ1v) is 10.6. The monoisotopic (exact) mass is 388 g/mol. The van der Waals surface area contributed by atoms with Crippen LogP contribution in [0.5, 0.6) is 0 Å². The van der Waals surface area contributed by atoms with Crippen LogP contribution in [-0.4, -0.2) is 17.0 Å². The highest BCUT2D eigenvalue weighted by atomic mass is 32.1. The summed E-state index contributed by atoms with van der Waals surface area (Å²) in [7, 11) is 2.12. The molecule has 25 heavy (non-hydrogen) atoms. The highest BCUT2D eigenvalue weighted by Crippen LogP contribution is 2.34. The summed E-state index contributed by atoms with van der Waals surface area (Å²) in [6, 6.07) is 6.30. The van der Waals surface area contributed by atoms with Gasteiger partial charge in [-0.05, 0) is 35.9 Å². The zero-order valence-electron chi connectivity index (χ0n) is 14.0. The molecule has 0 radical (unpaired) electrons. The number of quaternary nitrogens is 1. The van der Waals surface area contributed by atoms with Crippen molar-refractivity contribution >= 4 is 44.2 Å². The van der Waals surface area contributed by atoms with Crippen molar-refractivity contribution in [2.75, 3.05) is 7.05 Å². The molecule has 4 rings (SSSR count). The van der Waals surface area contributed by atoms with Crippen molar-refractivity contribution in [1.82, 2.24) is 9.97 Å². The Bertz CT molecular complexity index is 1060. The molecule has 4 nitrogen and oxygen atoms in total. The van der Waals surface area contributed by atoms with Gasteiger partial charge in [0.1, 0.15) is 17.9 Å². The van der Waals surface area contributed by atoms with E-state index in [0.717, 1.165) is 27.6 Å². The van der Waals surface area contributed by atoms with E-state index in [4.69, 9.17) is 4.98 Å². The van der Waals surface area contributed by atoms with Crippen molar-refractivity contribution in [3.05, 3.63) is 61.0 Å². The second-order valence-corrected chi connectivity index (χ2v) is 9.12. The van der Waals surface area contributed by atoms with Gasteiger partial charge in [-0.25, -0.2) is 4.98 Å². The van der Waals surface area contributed by atoms with Gasteiger partial charge in [-0.2, -0.15) is 11.3 Å². The summed E-state index contributed by atoms with van der Waals surface area (Å²) in [5.74, 6) is 0.751. The standard InChI is InChI=1S/C18H17N3OS3/c1-11-3-4-14(25-11)13-10-24-18-16(13)17(22)19-15(20-18)8-21(2)7-12-5-6-23-9-12/h3-6,9-10H,7-8H2,1-2H3,(H,19,20,22)/p+1. The highest BCUT2D eigenvalue weighted by molar-refractivity contribution is 7.19. The zero-order valence-corrected chi connectivity index (χ0v) is 16.4. The molecule has 0 aliphatic rings. The highest BCUT2D eigenvalue weighted by Gasteiger charge is 2.16. The van der Waals surface area contributed by atoms with Gasteiger partial charge >= 0.3 is 0 Å². The minimum Gasteiger partial charge on any atom is -0.327 e. The quantitative estimate of drug-likeness (QED) is 0.551. The maximum atomic E-state index is 12.7. The number of hydrogen-bond acceptors (Lipinski definition) is 5. The molecule has 2 N–H and O–H groups in total. The van der Waals surface area contributed by atoms with Crippen LogP contribution >= 0.6 is 34.0 Å². The van der Waals surface area contributed by atoms with Crippen LogP contribution in [-0.2, 0) is 13.1 Å². The van der Waals surface area contributed by atoms with Crippen LogP contribution in [0.4, 0.5) is 0 Å². The lowest BCUT2D eigenvalue weighted by Crippen LogP contribution is -3.06. The molecular weight excluding hydrogens is 370 g/mol. The molecule has 0 fully saturated rings. The van der Waals surface area contributed by atoms with E-state index in [1.165, 1.54) is 15.3 Å². The van der Waals surface area contributed by atoms with Crippen molar-refractivity contribution < 1.29 is 4.90 Å². The number of nitrogens with one attached hydrogen (secondary N) is 2. The van der Waals surface area contributed by atoms with Gasteiger partial charge in [0.25, 0.3) is 5.56 Å². The maximum Gasteiger partial charge on any atom is 0.260 e. The molecule has 0 amide bonds. The first-order valence-electron chi connectivity index (χ1n) is 8.00. The van der Waals surface area contributed by atoms with E-state index < -0.39 is 0 Å². The zero-order chi connectivity index (χ0) is 17.4. The predicted molar refractivity (Wildman–Crippen MR) is 107 cm³/mol. The summed E-state index contributed by atoms with van der Waals surface area (Å²) in [4.78, 5) is 24.9. The van der Waals surface area contributed by atoms with Gasteiger partial charge in [0.2, 0.25) is 0 Å². The van der Waals surface area contributed by atoms with Crippen molar-refractivity contribution in [2.24, 2.45) is 0 Å². The fourth-order valence-electron chi connectivity index (χ4n) is 2.93. The van der Waals surface area contributed by atoms with Gasteiger partial charge in [0, 0.05) is 26.3 Å². The lowest BCUT2D eigenvalue weighted by Gasteiger charge is -2.12. The average molecular weight is 389 g/mol. The fraction of sp³-hybridized carbons (Fsp3) is 0.222. The van der Waals surface area contributed by atoms with Gasteiger partial charge in [-0.15, -0.1) is 22.7 Å². The predicted octanol–water partition coefficient (Wildman–Crippen LogP) is 3.30. The lowest BCUT2D eigenvalue weighted by atomic mass is 10.2. The third-order valence-electron chi connectivity index (χ3n) is 4.05. The average Bonchev–Trinajstić information content (AvgIpc) is 3.27. The molecule has 0 saturated carbocycles. The van der Waals surface area contributed by atoms with Crippen molar-refractivity contribution in [1.29, 1.82) is 0 Å². The number of nitrogens with zero attached hydrogens (tertiary/aromatic N) is 1. The normalized spacial score (nSPS) is 12.7. The summed E-state index contributed by atoms with van der Waals surface area (Å²) < 4.78 is 0. The van der Waals surface area contributed by atoms with Crippen LogP contribution in [0.25, 0.3) is 20.7 Å². The van der Waals surface area contributed by atoms with Crippen LogP contribution in [0.15, 0.2) is 39.1 Å². The largest absolute Gasteiger partial charge is 0.327 e. The summed E-state index contributed by atoms with van der Waals surface area (Å²) in [5, 5.41) is 7.02. The number of H-pyrrole nitrogens is 1. The number of aryl methyl sites for hydroxylation is 1. The molecule has 128 valence electrons. The number of rotatable bonds is 5. The van der Waals surface area contributed by atoms with Crippen LogP contribution in [0.3, 0.4) is 0 Å². The fourth-order valence-corrected chi connectivity index (χ4v) is 5.52. The number of hydrogen-bond donors (Lipinski definition) is 2. The van der Waals surface area contributed by atoms with E-state index in [0.29, 0.717) is 11.9 Å². The molecule has 0 bridgehead atoms. The van der Waals surface area contributed by atoms with Crippen molar-refractivity contribution in [3.63, 3.8) is 0 Å². The Kier molecular flexibility index (Phi) is 4.56. The smallest absolute Gasteiger partial charge is 0.260 e. The molecule has 0 saturated heterocycles. The number of thiophene rings is 3. The maximum absolute atomic E-state index is 12.7. The van der Waals surface area contributed by atoms with Crippen LogP contribution in [0.1, 0.15) is 16.3 Å². The van der Waals surface area contributed by atoms with E-state index in [1.54, 1.807) is 34.0 Å². The summed E-state index contributed by atoms with van der Waals surface area (Å²) in [6.45, 7) is 3.71. The van der Waals surface area contributed by atoms with E-state index in [9.17, 15) is 4.79 Å². The third-order valence-corrected chi connectivity index (χ3v) is 6.69. The molecule has 4 aromatic heterocycles. The first-order chi connectivity index (χ1) is 12.1.